The smallest absolute Gasteiger partial charge is 0.346 e. The molecule has 0 nitrogen and oxygen atoms in total. The van der Waals surface area contributed by atoms with Crippen molar-refractivity contribution in [3.05, 3.63) is 27.7 Å². The summed E-state index contributed by atoms with van der Waals surface area (Å²) in [7, 11) is 0. The normalized spacial score (nSPS) is 33.5. The Morgan fingerprint density at radius 2 is 1.45 bits per heavy atom. The Morgan fingerprint density at radius 3 is 1.91 bits per heavy atom. The van der Waals surface area contributed by atoms with Gasteiger partial charge in [0.05, 0.1) is 0 Å². The van der Waals surface area contributed by atoms with E-state index in [1.165, 1.54) is 38.5 Å². The molecule has 6 unspecified atom stereocenters. The molecule has 2 fully saturated rings. The van der Waals surface area contributed by atoms with Gasteiger partial charge in [0.2, 0.25) is 0 Å². The fourth-order valence-electron chi connectivity index (χ4n) is 4.36. The van der Waals surface area contributed by atoms with Crippen LogP contribution in [0.25, 0.3) is 0 Å². The van der Waals surface area contributed by atoms with Crippen LogP contribution in [-0.2, 0) is 39.0 Å². The van der Waals surface area contributed by atoms with E-state index in [4.69, 9.17) is 0 Å². The Labute approximate surface area is 167 Å². The van der Waals surface area contributed by atoms with Gasteiger partial charge in [-0.25, -0.2) is 0 Å². The van der Waals surface area contributed by atoms with Crippen molar-refractivity contribution < 1.29 is 39.0 Å². The minimum Gasteiger partial charge on any atom is -0.346 e. The van der Waals surface area contributed by atoms with Gasteiger partial charge in [0.15, 0.2) is 0 Å². The number of rotatable bonds is 3. The maximum absolute atomic E-state index is 4.42. The molecule has 2 heteroatoms. The zero-order valence-corrected chi connectivity index (χ0v) is 21.9. The van der Waals surface area contributed by atoms with Gasteiger partial charge >= 0.3 is 39.0 Å². The first-order valence-electron chi connectivity index (χ1n) is 8.74. The van der Waals surface area contributed by atoms with Gasteiger partial charge in [-0.15, -0.1) is 0 Å². The predicted octanol–water partition coefficient (Wildman–Crippen LogP) is 6.44. The number of hydrogen-bond donors (Lipinski definition) is 0. The first kappa shape index (κ1) is 28.1. The molecule has 2 aliphatic carbocycles. The van der Waals surface area contributed by atoms with Crippen molar-refractivity contribution in [3.8, 4) is 0 Å². The second-order valence-corrected chi connectivity index (χ2v) is 6.23. The standard InChI is InChI=1S/C16H28.2C2H5.2Zn/c1-5-11(3)14-7-8-15-13(6-2)9-12(4)16(15)10-14;2*1-2;;/h11-16H,3-10H2,1-2H3;2*1H2,2H3;;/q-2;2*-1;2*+2. The zero-order valence-electron chi connectivity index (χ0n) is 15.9. The van der Waals surface area contributed by atoms with Gasteiger partial charge in [-0.05, 0) is 18.3 Å². The average Bonchev–Trinajstić information content (AvgIpc) is 2.86. The fourth-order valence-corrected chi connectivity index (χ4v) is 4.36. The van der Waals surface area contributed by atoms with Crippen LogP contribution in [-0.4, -0.2) is 0 Å². The molecule has 122 valence electrons. The van der Waals surface area contributed by atoms with E-state index in [0.29, 0.717) is 5.92 Å². The molecular weight excluding hydrogens is 371 g/mol. The van der Waals surface area contributed by atoms with Gasteiger partial charge in [-0.1, -0.05) is 57.8 Å². The molecule has 0 radical (unpaired) electrons. The van der Waals surface area contributed by atoms with E-state index >= 15 is 0 Å². The summed E-state index contributed by atoms with van der Waals surface area (Å²) in [6.45, 7) is 23.4. The molecule has 0 aromatic rings. The summed E-state index contributed by atoms with van der Waals surface area (Å²) in [6, 6.07) is 0. The molecule has 6 atom stereocenters. The zero-order chi connectivity index (χ0) is 15.7. The van der Waals surface area contributed by atoms with Crippen molar-refractivity contribution in [1.82, 2.24) is 0 Å². The molecule has 22 heavy (non-hydrogen) atoms. The van der Waals surface area contributed by atoms with Crippen LogP contribution >= 0.6 is 0 Å². The Morgan fingerprint density at radius 1 is 0.909 bits per heavy atom. The molecule has 0 aromatic heterocycles. The first-order chi connectivity index (χ1) is 9.67. The fraction of sp³-hybridized carbons (Fsp3) is 0.800. The minimum atomic E-state index is 0. The van der Waals surface area contributed by atoms with Gasteiger partial charge in [0, 0.05) is 0 Å². The summed E-state index contributed by atoms with van der Waals surface area (Å²) < 4.78 is 0. The van der Waals surface area contributed by atoms with E-state index in [1.807, 2.05) is 0 Å². The molecule has 2 aliphatic rings. The number of fused-ring (bicyclic) bond motifs is 1. The molecule has 2 rings (SSSR count). The summed E-state index contributed by atoms with van der Waals surface area (Å²) in [4.78, 5) is 0. The van der Waals surface area contributed by atoms with Gasteiger partial charge in [-0.3, -0.25) is 0 Å². The molecule has 0 aromatic carbocycles. The van der Waals surface area contributed by atoms with E-state index in [9.17, 15) is 0 Å². The Hall–Kier alpha value is 1.25. The topological polar surface area (TPSA) is 0 Å². The quantitative estimate of drug-likeness (QED) is 0.372. The van der Waals surface area contributed by atoms with E-state index < -0.39 is 0 Å². The first-order valence-corrected chi connectivity index (χ1v) is 8.74. The van der Waals surface area contributed by atoms with Crippen LogP contribution in [0, 0.1) is 63.2 Å². The molecule has 0 aliphatic heterocycles. The summed E-state index contributed by atoms with van der Waals surface area (Å²) in [5.74, 6) is 5.24. The summed E-state index contributed by atoms with van der Waals surface area (Å²) in [5.41, 5.74) is 0. The van der Waals surface area contributed by atoms with E-state index in [2.05, 4.69) is 41.5 Å². The molecule has 0 amide bonds. The SMILES string of the molecule is [CH2-]C.[CH2-]C.[CH2-]C(CC)C1CCC2C(CC)CC([CH2-])C2C1.[Zn+2].[Zn+2]. The molecule has 0 bridgehead atoms. The molecule has 0 spiro atoms. The van der Waals surface area contributed by atoms with Crippen LogP contribution in [0.5, 0.6) is 0 Å². The average molecular weight is 409 g/mol. The van der Waals surface area contributed by atoms with Crippen molar-refractivity contribution in [2.45, 2.75) is 66.2 Å². The van der Waals surface area contributed by atoms with E-state index in [-0.39, 0.29) is 39.0 Å². The third-order valence-electron chi connectivity index (χ3n) is 5.53. The van der Waals surface area contributed by atoms with Crippen molar-refractivity contribution in [1.29, 1.82) is 0 Å². The molecular formula is C20H38Zn2. The van der Waals surface area contributed by atoms with Crippen molar-refractivity contribution in [2.24, 2.45) is 35.5 Å². The van der Waals surface area contributed by atoms with E-state index in [1.54, 1.807) is 13.8 Å². The molecule has 0 saturated heterocycles. The van der Waals surface area contributed by atoms with Crippen molar-refractivity contribution in [3.63, 3.8) is 0 Å². The second-order valence-electron chi connectivity index (χ2n) is 6.23. The Balaban J connectivity index is -0.000000557. The van der Waals surface area contributed by atoms with Gasteiger partial charge in [-0.2, -0.15) is 25.7 Å². The number of hydrogen-bond acceptors (Lipinski definition) is 0. The third-order valence-corrected chi connectivity index (χ3v) is 5.53. The van der Waals surface area contributed by atoms with Crippen molar-refractivity contribution in [2.75, 3.05) is 0 Å². The van der Waals surface area contributed by atoms with E-state index in [0.717, 1.165) is 29.6 Å². The van der Waals surface area contributed by atoms with Gasteiger partial charge in [0.1, 0.15) is 0 Å². The van der Waals surface area contributed by atoms with Crippen LogP contribution in [0.3, 0.4) is 0 Å². The minimum absolute atomic E-state index is 0. The maximum Gasteiger partial charge on any atom is 2.00 e. The largest absolute Gasteiger partial charge is 2.00 e. The van der Waals surface area contributed by atoms with Crippen LogP contribution in [0.1, 0.15) is 66.2 Å². The Bertz CT molecular complexity index is 230. The Kier molecular flexibility index (Phi) is 20.1. The maximum atomic E-state index is 4.42. The molecule has 0 heterocycles. The van der Waals surface area contributed by atoms with Crippen LogP contribution in [0.2, 0.25) is 0 Å². The third kappa shape index (κ3) is 7.43. The van der Waals surface area contributed by atoms with Gasteiger partial charge in [0.25, 0.3) is 0 Å². The predicted molar refractivity (Wildman–Crippen MR) is 92.8 cm³/mol. The van der Waals surface area contributed by atoms with Crippen LogP contribution in [0.15, 0.2) is 0 Å². The van der Waals surface area contributed by atoms with Crippen LogP contribution in [0.4, 0.5) is 0 Å². The summed E-state index contributed by atoms with van der Waals surface area (Å²) in [6.07, 6.45) is 8.35. The molecule has 2 saturated carbocycles. The monoisotopic (exact) mass is 406 g/mol. The second kappa shape index (κ2) is 15.8. The van der Waals surface area contributed by atoms with Crippen molar-refractivity contribution >= 4 is 0 Å². The molecule has 0 N–H and O–H groups in total. The summed E-state index contributed by atoms with van der Waals surface area (Å²) in [5, 5.41) is 0. The summed E-state index contributed by atoms with van der Waals surface area (Å²) >= 11 is 0. The van der Waals surface area contributed by atoms with Crippen LogP contribution < -0.4 is 0 Å². The van der Waals surface area contributed by atoms with Gasteiger partial charge < -0.3 is 27.7 Å².